The Morgan fingerprint density at radius 3 is 2.57 bits per heavy atom. The predicted molar refractivity (Wildman–Crippen MR) is 95.2 cm³/mol. The Morgan fingerprint density at radius 1 is 1.33 bits per heavy atom. The third-order valence-electron chi connectivity index (χ3n) is 3.65. The van der Waals surface area contributed by atoms with E-state index in [1.165, 1.54) is 21.8 Å². The number of rotatable bonds is 4. The molecule has 21 heavy (non-hydrogen) atoms. The molecule has 0 bridgehead atoms. The monoisotopic (exact) mass is 366 g/mol. The summed E-state index contributed by atoms with van der Waals surface area (Å²) in [4.78, 5) is 4.80. The van der Waals surface area contributed by atoms with E-state index in [2.05, 4.69) is 72.5 Å². The Morgan fingerprint density at radius 2 is 2.05 bits per heavy atom. The van der Waals surface area contributed by atoms with Gasteiger partial charge in [-0.1, -0.05) is 48.8 Å². The lowest BCUT2D eigenvalue weighted by atomic mass is 9.93. The molecule has 1 N–H and O–H groups in total. The Balaban J connectivity index is 2.19. The fourth-order valence-corrected chi connectivity index (χ4v) is 3.60. The second-order valence-corrected chi connectivity index (χ2v) is 8.23. The maximum Gasteiger partial charge on any atom is 0.0947 e. The fourth-order valence-electron chi connectivity index (χ4n) is 2.14. The van der Waals surface area contributed by atoms with E-state index in [9.17, 15) is 0 Å². The molecule has 4 heteroatoms. The molecule has 0 radical (unpaired) electrons. The van der Waals surface area contributed by atoms with Gasteiger partial charge in [-0.2, -0.15) is 0 Å². The zero-order chi connectivity index (χ0) is 15.6. The largest absolute Gasteiger partial charge is 0.313 e. The number of likely N-dealkylation sites (N-methyl/N-ethyl adjacent to an activating group) is 1. The van der Waals surface area contributed by atoms with Gasteiger partial charge in [0.2, 0.25) is 0 Å². The summed E-state index contributed by atoms with van der Waals surface area (Å²) in [5.41, 5.74) is 3.86. The summed E-state index contributed by atoms with van der Waals surface area (Å²) in [6, 6.07) is 6.85. The quantitative estimate of drug-likeness (QED) is 0.821. The molecule has 0 saturated carbocycles. The van der Waals surface area contributed by atoms with E-state index in [1.807, 2.05) is 7.05 Å². The molecule has 1 heterocycles. The second kappa shape index (κ2) is 6.59. The van der Waals surface area contributed by atoms with Crippen molar-refractivity contribution < 1.29 is 0 Å². The van der Waals surface area contributed by atoms with E-state index in [4.69, 9.17) is 4.98 Å². The molecule has 0 aliphatic heterocycles. The Kier molecular flexibility index (Phi) is 5.23. The lowest BCUT2D eigenvalue weighted by Crippen LogP contribution is -2.19. The SMILES string of the molecule is CNC(Cc1nc(C(C)(C)C)cs1)c1ccc(C)c(Br)c1. The number of nitrogens with zero attached hydrogens (tertiary/aromatic N) is 1. The lowest BCUT2D eigenvalue weighted by molar-refractivity contribution is 0.560. The van der Waals surface area contributed by atoms with E-state index >= 15 is 0 Å². The van der Waals surface area contributed by atoms with Gasteiger partial charge >= 0.3 is 0 Å². The minimum absolute atomic E-state index is 0.122. The summed E-state index contributed by atoms with van der Waals surface area (Å²) in [5, 5.41) is 6.79. The third-order valence-corrected chi connectivity index (χ3v) is 5.37. The van der Waals surface area contributed by atoms with Crippen molar-refractivity contribution in [2.75, 3.05) is 7.05 Å². The van der Waals surface area contributed by atoms with Crippen molar-refractivity contribution in [1.29, 1.82) is 0 Å². The van der Waals surface area contributed by atoms with Gasteiger partial charge in [-0.3, -0.25) is 0 Å². The fraction of sp³-hybridized carbons (Fsp3) is 0.471. The number of hydrogen-bond donors (Lipinski definition) is 1. The molecule has 1 aromatic carbocycles. The van der Waals surface area contributed by atoms with Crippen LogP contribution < -0.4 is 5.32 Å². The molecule has 0 fully saturated rings. The smallest absolute Gasteiger partial charge is 0.0947 e. The van der Waals surface area contributed by atoms with Crippen LogP contribution >= 0.6 is 27.3 Å². The van der Waals surface area contributed by atoms with Gasteiger partial charge in [0.1, 0.15) is 0 Å². The second-order valence-electron chi connectivity index (χ2n) is 6.43. The molecular weight excluding hydrogens is 344 g/mol. The zero-order valence-electron chi connectivity index (χ0n) is 13.3. The molecule has 2 nitrogen and oxygen atoms in total. The van der Waals surface area contributed by atoms with E-state index in [1.54, 1.807) is 11.3 Å². The number of aromatic nitrogens is 1. The first-order chi connectivity index (χ1) is 9.81. The zero-order valence-corrected chi connectivity index (χ0v) is 15.7. The van der Waals surface area contributed by atoms with Crippen LogP contribution in [0.1, 0.15) is 48.6 Å². The minimum atomic E-state index is 0.122. The van der Waals surface area contributed by atoms with Crippen LogP contribution in [-0.2, 0) is 11.8 Å². The van der Waals surface area contributed by atoms with Crippen LogP contribution in [0.3, 0.4) is 0 Å². The Labute approximate surface area is 140 Å². The van der Waals surface area contributed by atoms with E-state index in [0.29, 0.717) is 6.04 Å². The van der Waals surface area contributed by atoms with Crippen LogP contribution in [0.15, 0.2) is 28.1 Å². The Bertz CT molecular complexity index is 613. The van der Waals surface area contributed by atoms with Gasteiger partial charge in [0.15, 0.2) is 0 Å². The van der Waals surface area contributed by atoms with Crippen molar-refractivity contribution in [3.63, 3.8) is 0 Å². The number of aryl methyl sites for hydroxylation is 1. The first kappa shape index (κ1) is 16.7. The molecule has 0 aliphatic rings. The summed E-state index contributed by atoms with van der Waals surface area (Å²) in [6.07, 6.45) is 0.923. The molecule has 2 rings (SSSR count). The highest BCUT2D eigenvalue weighted by molar-refractivity contribution is 9.10. The molecule has 114 valence electrons. The average Bonchev–Trinajstić information content (AvgIpc) is 2.88. The van der Waals surface area contributed by atoms with Crippen LogP contribution in [0.25, 0.3) is 0 Å². The van der Waals surface area contributed by atoms with Gasteiger partial charge in [-0.15, -0.1) is 11.3 Å². The molecule has 0 aliphatic carbocycles. The van der Waals surface area contributed by atoms with Crippen molar-refractivity contribution in [3.8, 4) is 0 Å². The molecule has 1 unspecified atom stereocenters. The molecule has 2 aromatic rings. The van der Waals surface area contributed by atoms with Crippen LogP contribution in [0.4, 0.5) is 0 Å². The number of thiazole rings is 1. The Hall–Kier alpha value is -0.710. The summed E-state index contributed by atoms with van der Waals surface area (Å²) < 4.78 is 1.16. The van der Waals surface area contributed by atoms with Gasteiger partial charge in [0, 0.05) is 27.7 Å². The summed E-state index contributed by atoms with van der Waals surface area (Å²) in [6.45, 7) is 8.73. The van der Waals surface area contributed by atoms with Crippen molar-refractivity contribution in [1.82, 2.24) is 10.3 Å². The van der Waals surface area contributed by atoms with Crippen LogP contribution in [0.5, 0.6) is 0 Å². The lowest BCUT2D eigenvalue weighted by Gasteiger charge is -2.17. The number of hydrogen-bond acceptors (Lipinski definition) is 3. The normalized spacial score (nSPS) is 13.4. The molecule has 0 amide bonds. The molecule has 0 saturated heterocycles. The van der Waals surface area contributed by atoms with Gasteiger partial charge < -0.3 is 5.32 Å². The van der Waals surface area contributed by atoms with Crippen LogP contribution in [0.2, 0.25) is 0 Å². The van der Waals surface area contributed by atoms with Crippen molar-refractivity contribution in [2.24, 2.45) is 0 Å². The highest BCUT2D eigenvalue weighted by Gasteiger charge is 2.19. The first-order valence-electron chi connectivity index (χ1n) is 7.19. The van der Waals surface area contributed by atoms with Crippen molar-refractivity contribution in [2.45, 2.75) is 45.6 Å². The van der Waals surface area contributed by atoms with E-state index < -0.39 is 0 Å². The van der Waals surface area contributed by atoms with Gasteiger partial charge in [-0.25, -0.2) is 4.98 Å². The summed E-state index contributed by atoms with van der Waals surface area (Å²) >= 11 is 5.38. The minimum Gasteiger partial charge on any atom is -0.313 e. The summed E-state index contributed by atoms with van der Waals surface area (Å²) in [7, 11) is 2.01. The number of halogens is 1. The highest BCUT2D eigenvalue weighted by Crippen LogP contribution is 2.28. The first-order valence-corrected chi connectivity index (χ1v) is 8.86. The highest BCUT2D eigenvalue weighted by atomic mass is 79.9. The van der Waals surface area contributed by atoms with Gasteiger partial charge in [-0.05, 0) is 31.2 Å². The third kappa shape index (κ3) is 4.15. The summed E-state index contributed by atoms with van der Waals surface area (Å²) in [5.74, 6) is 0. The van der Waals surface area contributed by atoms with Crippen LogP contribution in [0, 0.1) is 6.92 Å². The standard InChI is InChI=1S/C17H23BrN2S/c1-11-6-7-12(8-13(11)18)14(19-5)9-16-20-15(10-21-16)17(2,3)4/h6-8,10,14,19H,9H2,1-5H3. The van der Waals surface area contributed by atoms with Crippen molar-refractivity contribution in [3.05, 3.63) is 49.9 Å². The topological polar surface area (TPSA) is 24.9 Å². The van der Waals surface area contributed by atoms with E-state index in [0.717, 1.165) is 10.9 Å². The molecule has 0 spiro atoms. The number of nitrogens with one attached hydrogen (secondary N) is 1. The molecule has 1 atom stereocenters. The predicted octanol–water partition coefficient (Wildman–Crippen LogP) is 5.01. The average molecular weight is 367 g/mol. The maximum absolute atomic E-state index is 4.80. The van der Waals surface area contributed by atoms with Gasteiger partial charge in [0.25, 0.3) is 0 Å². The molecular formula is C17H23BrN2S. The number of benzene rings is 1. The van der Waals surface area contributed by atoms with Gasteiger partial charge in [0.05, 0.1) is 10.7 Å². The van der Waals surface area contributed by atoms with Crippen LogP contribution in [-0.4, -0.2) is 12.0 Å². The maximum atomic E-state index is 4.80. The van der Waals surface area contributed by atoms with E-state index in [-0.39, 0.29) is 5.41 Å². The van der Waals surface area contributed by atoms with Crippen molar-refractivity contribution >= 4 is 27.3 Å². The molecule has 1 aromatic heterocycles.